The number of hydrogen-bond acceptors (Lipinski definition) is 2. The Morgan fingerprint density at radius 2 is 1.82 bits per heavy atom. The zero-order valence-corrected chi connectivity index (χ0v) is 14.3. The highest BCUT2D eigenvalue weighted by Crippen LogP contribution is 2.48. The van der Waals surface area contributed by atoms with E-state index in [0.717, 1.165) is 12.5 Å². The smallest absolute Gasteiger partial charge is 0.0487 e. The lowest BCUT2D eigenvalue weighted by Gasteiger charge is -2.41. The van der Waals surface area contributed by atoms with E-state index in [1.165, 1.54) is 29.9 Å². The maximum absolute atomic E-state index is 3.96. The summed E-state index contributed by atoms with van der Waals surface area (Å²) in [5.74, 6) is 3.31. The summed E-state index contributed by atoms with van der Waals surface area (Å²) in [6, 6.07) is 19.9. The van der Waals surface area contributed by atoms with Crippen LogP contribution in [0.2, 0.25) is 0 Å². The molecule has 1 N–H and O–H groups in total. The van der Waals surface area contributed by atoms with Gasteiger partial charge in [0.1, 0.15) is 0 Å². The van der Waals surface area contributed by atoms with Gasteiger partial charge in [-0.25, -0.2) is 0 Å². The molecule has 2 aromatic rings. The van der Waals surface area contributed by atoms with Crippen molar-refractivity contribution < 1.29 is 0 Å². The molecule has 0 radical (unpaired) electrons. The van der Waals surface area contributed by atoms with Crippen molar-refractivity contribution in [3.05, 3.63) is 71.3 Å². The van der Waals surface area contributed by atoms with Crippen LogP contribution in [-0.4, -0.2) is 11.5 Å². The third-order valence-electron chi connectivity index (χ3n) is 5.07. The number of nitrogens with one attached hydrogen (secondary N) is 1. The van der Waals surface area contributed by atoms with Gasteiger partial charge in [0.15, 0.2) is 0 Å². The average Bonchev–Trinajstić information content (AvgIpc) is 2.89. The Bertz CT molecular complexity index is 630. The first-order valence-electron chi connectivity index (χ1n) is 7.83. The highest BCUT2D eigenvalue weighted by atomic mass is 35.5. The van der Waals surface area contributed by atoms with Gasteiger partial charge in [0.25, 0.3) is 0 Å². The maximum Gasteiger partial charge on any atom is 0.0487 e. The third-order valence-corrected chi connectivity index (χ3v) is 6.20. The summed E-state index contributed by atoms with van der Waals surface area (Å²) in [4.78, 5) is 0. The van der Waals surface area contributed by atoms with Gasteiger partial charge in [-0.1, -0.05) is 54.6 Å². The van der Waals surface area contributed by atoms with E-state index in [2.05, 4.69) is 71.7 Å². The zero-order chi connectivity index (χ0) is 14.1. The molecule has 1 aliphatic heterocycles. The largest absolute Gasteiger partial charge is 0.303 e. The number of rotatable bonds is 3. The minimum absolute atomic E-state index is 0. The average molecular weight is 332 g/mol. The minimum atomic E-state index is 0. The van der Waals surface area contributed by atoms with Crippen LogP contribution >= 0.6 is 24.2 Å². The Kier molecular flexibility index (Phi) is 4.82. The molecule has 22 heavy (non-hydrogen) atoms. The van der Waals surface area contributed by atoms with Crippen molar-refractivity contribution >= 4 is 24.2 Å². The molecule has 2 aliphatic rings. The number of halogens is 1. The molecule has 1 fully saturated rings. The molecule has 3 heteroatoms. The molecular weight excluding hydrogens is 310 g/mol. The molecule has 0 saturated carbocycles. The van der Waals surface area contributed by atoms with Crippen LogP contribution < -0.4 is 5.32 Å². The van der Waals surface area contributed by atoms with Crippen LogP contribution in [-0.2, 0) is 18.5 Å². The maximum atomic E-state index is 3.96. The van der Waals surface area contributed by atoms with Crippen LogP contribution in [0.15, 0.2) is 54.6 Å². The van der Waals surface area contributed by atoms with Crippen molar-refractivity contribution in [2.24, 2.45) is 5.92 Å². The number of thioether (sulfide) groups is 1. The number of fused-ring (bicyclic) bond motifs is 3. The van der Waals surface area contributed by atoms with Crippen LogP contribution in [0.1, 0.15) is 23.1 Å². The molecule has 116 valence electrons. The Morgan fingerprint density at radius 3 is 2.68 bits per heavy atom. The minimum Gasteiger partial charge on any atom is -0.303 e. The second-order valence-corrected chi connectivity index (χ2v) is 7.34. The van der Waals surface area contributed by atoms with Crippen LogP contribution in [0.5, 0.6) is 0 Å². The second-order valence-electron chi connectivity index (χ2n) is 6.19. The Labute approximate surface area is 143 Å². The van der Waals surface area contributed by atoms with Gasteiger partial charge in [-0.05, 0) is 47.0 Å². The van der Waals surface area contributed by atoms with Gasteiger partial charge in [-0.3, -0.25) is 0 Å². The van der Waals surface area contributed by atoms with Crippen molar-refractivity contribution in [1.82, 2.24) is 5.32 Å². The molecule has 0 aromatic heterocycles. The summed E-state index contributed by atoms with van der Waals surface area (Å²) in [5, 5.41) is 3.96. The summed E-state index contributed by atoms with van der Waals surface area (Å²) in [6.45, 7) is 0.969. The first-order chi connectivity index (χ1) is 10.4. The lowest BCUT2D eigenvalue weighted by atomic mass is 9.81. The van der Waals surface area contributed by atoms with Crippen molar-refractivity contribution in [1.29, 1.82) is 0 Å². The normalized spacial score (nSPS) is 25.9. The fourth-order valence-electron chi connectivity index (χ4n) is 3.98. The third kappa shape index (κ3) is 2.68. The standard InChI is InChI=1S/C19H21NS.ClH/c1-2-6-15(7-3-1)13-20-19-10-11-21-14-17(19)12-16-8-4-5-9-18(16)19;/h1-9,17,20H,10-14H2;1H/t17-,19-;/m1./s1. The molecule has 0 unspecified atom stereocenters. The lowest BCUT2D eigenvalue weighted by Crippen LogP contribution is -2.49. The van der Waals surface area contributed by atoms with E-state index < -0.39 is 0 Å². The highest BCUT2D eigenvalue weighted by molar-refractivity contribution is 7.99. The highest BCUT2D eigenvalue weighted by Gasteiger charge is 2.47. The predicted molar refractivity (Wildman–Crippen MR) is 97.8 cm³/mol. The summed E-state index contributed by atoms with van der Waals surface area (Å²) in [7, 11) is 0. The monoisotopic (exact) mass is 331 g/mol. The van der Waals surface area contributed by atoms with Crippen molar-refractivity contribution in [2.45, 2.75) is 24.9 Å². The topological polar surface area (TPSA) is 12.0 Å². The van der Waals surface area contributed by atoms with Gasteiger partial charge in [-0.15, -0.1) is 12.4 Å². The first-order valence-corrected chi connectivity index (χ1v) is 8.99. The van der Waals surface area contributed by atoms with Gasteiger partial charge in [0.2, 0.25) is 0 Å². The molecule has 0 bridgehead atoms. The lowest BCUT2D eigenvalue weighted by molar-refractivity contribution is 0.233. The summed E-state index contributed by atoms with van der Waals surface area (Å²) >= 11 is 2.12. The SMILES string of the molecule is Cl.c1ccc(CN[C@]23CCSC[C@H]2Cc2ccccc23)cc1. The van der Waals surface area contributed by atoms with Gasteiger partial charge in [0.05, 0.1) is 0 Å². The predicted octanol–water partition coefficient (Wildman–Crippen LogP) is 4.40. The van der Waals surface area contributed by atoms with Gasteiger partial charge < -0.3 is 5.32 Å². The summed E-state index contributed by atoms with van der Waals surface area (Å²) in [5.41, 5.74) is 4.71. The zero-order valence-electron chi connectivity index (χ0n) is 12.6. The fourth-order valence-corrected chi connectivity index (χ4v) is 5.30. The van der Waals surface area contributed by atoms with E-state index in [9.17, 15) is 0 Å². The molecule has 0 spiro atoms. The van der Waals surface area contributed by atoms with Crippen molar-refractivity contribution in [2.75, 3.05) is 11.5 Å². The van der Waals surface area contributed by atoms with Crippen molar-refractivity contribution in [3.8, 4) is 0 Å². The van der Waals surface area contributed by atoms with Crippen LogP contribution in [0.25, 0.3) is 0 Å². The van der Waals surface area contributed by atoms with E-state index >= 15 is 0 Å². The Morgan fingerprint density at radius 1 is 1.05 bits per heavy atom. The van der Waals surface area contributed by atoms with Gasteiger partial charge in [0, 0.05) is 12.1 Å². The van der Waals surface area contributed by atoms with E-state index in [-0.39, 0.29) is 17.9 Å². The van der Waals surface area contributed by atoms with E-state index in [0.29, 0.717) is 0 Å². The molecule has 1 saturated heterocycles. The number of hydrogen-bond donors (Lipinski definition) is 1. The second kappa shape index (κ2) is 6.66. The summed E-state index contributed by atoms with van der Waals surface area (Å²) < 4.78 is 0. The molecule has 2 aromatic carbocycles. The summed E-state index contributed by atoms with van der Waals surface area (Å²) in [6.07, 6.45) is 2.50. The van der Waals surface area contributed by atoms with E-state index in [1.807, 2.05) is 0 Å². The van der Waals surface area contributed by atoms with E-state index in [1.54, 1.807) is 11.1 Å². The fraction of sp³-hybridized carbons (Fsp3) is 0.368. The molecule has 0 amide bonds. The molecule has 2 atom stereocenters. The van der Waals surface area contributed by atoms with Crippen LogP contribution in [0.3, 0.4) is 0 Å². The van der Waals surface area contributed by atoms with Gasteiger partial charge >= 0.3 is 0 Å². The van der Waals surface area contributed by atoms with Crippen LogP contribution in [0, 0.1) is 5.92 Å². The number of benzene rings is 2. The molecule has 4 rings (SSSR count). The van der Waals surface area contributed by atoms with Gasteiger partial charge in [-0.2, -0.15) is 11.8 Å². The first kappa shape index (κ1) is 15.9. The molecular formula is C19H22ClNS. The Hall–Kier alpha value is -0.960. The molecule has 1 heterocycles. The Balaban J connectivity index is 0.00000144. The quantitative estimate of drug-likeness (QED) is 0.894. The molecule has 1 nitrogen and oxygen atoms in total. The van der Waals surface area contributed by atoms with Crippen LogP contribution in [0.4, 0.5) is 0 Å². The van der Waals surface area contributed by atoms with Crippen molar-refractivity contribution in [3.63, 3.8) is 0 Å². The molecule has 1 aliphatic carbocycles. The van der Waals surface area contributed by atoms with E-state index in [4.69, 9.17) is 0 Å².